The van der Waals surface area contributed by atoms with E-state index in [4.69, 9.17) is 13.9 Å². The lowest BCUT2D eigenvalue weighted by Crippen LogP contribution is -2.01. The highest BCUT2D eigenvalue weighted by Gasteiger charge is 2.19. The summed E-state index contributed by atoms with van der Waals surface area (Å²) in [6.45, 7) is 8.61. The maximum atomic E-state index is 5.97. The standard InChI is InChI=1S/C23H23N3O3/c1-5-10-27-21-19-22(26-23(25-21)28-18-9-7-6-8-16(18)4)29-20(24-19)17-12-14(2)11-15(3)13-17/h6-9,11-13H,5,10H2,1-4H3. The zero-order valence-electron chi connectivity index (χ0n) is 17.0. The molecule has 0 atom stereocenters. The summed E-state index contributed by atoms with van der Waals surface area (Å²) in [5.74, 6) is 1.53. The van der Waals surface area contributed by atoms with Crippen LogP contribution in [0.4, 0.5) is 0 Å². The smallest absolute Gasteiger partial charge is 0.328 e. The zero-order valence-corrected chi connectivity index (χ0v) is 17.0. The number of ether oxygens (including phenoxy) is 2. The molecule has 0 amide bonds. The average Bonchev–Trinajstić information content (AvgIpc) is 3.11. The fraction of sp³-hybridized carbons (Fsp3) is 0.261. The summed E-state index contributed by atoms with van der Waals surface area (Å²) in [6, 6.07) is 14.0. The first kappa shape index (κ1) is 18.9. The van der Waals surface area contributed by atoms with Crippen LogP contribution in [-0.2, 0) is 0 Å². The summed E-state index contributed by atoms with van der Waals surface area (Å²) >= 11 is 0. The minimum Gasteiger partial charge on any atom is -0.476 e. The summed E-state index contributed by atoms with van der Waals surface area (Å²) in [4.78, 5) is 13.5. The molecule has 6 heteroatoms. The lowest BCUT2D eigenvalue weighted by atomic mass is 10.1. The van der Waals surface area contributed by atoms with E-state index in [1.165, 1.54) is 0 Å². The predicted molar refractivity (Wildman–Crippen MR) is 112 cm³/mol. The molecule has 0 unspecified atom stereocenters. The number of para-hydroxylation sites is 1. The van der Waals surface area contributed by atoms with Crippen LogP contribution in [0.15, 0.2) is 46.9 Å². The maximum Gasteiger partial charge on any atom is 0.328 e. The third-order valence-electron chi connectivity index (χ3n) is 4.41. The lowest BCUT2D eigenvalue weighted by molar-refractivity contribution is 0.302. The van der Waals surface area contributed by atoms with Gasteiger partial charge in [0.15, 0.2) is 5.52 Å². The quantitative estimate of drug-likeness (QED) is 0.416. The largest absolute Gasteiger partial charge is 0.476 e. The highest BCUT2D eigenvalue weighted by Crippen LogP contribution is 2.32. The Morgan fingerprint density at radius 1 is 0.931 bits per heavy atom. The number of aryl methyl sites for hydroxylation is 3. The van der Waals surface area contributed by atoms with Crippen molar-refractivity contribution in [2.24, 2.45) is 0 Å². The van der Waals surface area contributed by atoms with Crippen molar-refractivity contribution in [3.8, 4) is 29.1 Å². The van der Waals surface area contributed by atoms with Crippen LogP contribution in [-0.4, -0.2) is 21.6 Å². The monoisotopic (exact) mass is 389 g/mol. The molecule has 0 aliphatic heterocycles. The third kappa shape index (κ3) is 4.06. The molecule has 0 bridgehead atoms. The number of nitrogens with zero attached hydrogens (tertiary/aromatic N) is 3. The first-order valence-electron chi connectivity index (χ1n) is 9.67. The minimum atomic E-state index is 0.168. The van der Waals surface area contributed by atoms with Gasteiger partial charge in [0.2, 0.25) is 5.89 Å². The lowest BCUT2D eigenvalue weighted by Gasteiger charge is -2.08. The fourth-order valence-electron chi connectivity index (χ4n) is 3.11. The maximum absolute atomic E-state index is 5.97. The molecule has 4 aromatic rings. The first-order chi connectivity index (χ1) is 14.0. The number of hydrogen-bond acceptors (Lipinski definition) is 6. The molecule has 2 heterocycles. The molecule has 2 aromatic carbocycles. The normalized spacial score (nSPS) is 11.0. The van der Waals surface area contributed by atoms with Crippen molar-refractivity contribution in [1.82, 2.24) is 15.0 Å². The SMILES string of the molecule is CCCOc1nc(Oc2ccccc2C)nc2oc(-c3cc(C)cc(C)c3)nc12. The van der Waals surface area contributed by atoms with E-state index in [9.17, 15) is 0 Å². The van der Waals surface area contributed by atoms with Gasteiger partial charge in [-0.15, -0.1) is 0 Å². The van der Waals surface area contributed by atoms with Crippen molar-refractivity contribution in [3.05, 3.63) is 59.2 Å². The van der Waals surface area contributed by atoms with Gasteiger partial charge in [0.1, 0.15) is 5.75 Å². The molecular weight excluding hydrogens is 366 g/mol. The van der Waals surface area contributed by atoms with Crippen LogP contribution in [0.5, 0.6) is 17.6 Å². The van der Waals surface area contributed by atoms with Gasteiger partial charge < -0.3 is 13.9 Å². The van der Waals surface area contributed by atoms with E-state index in [0.717, 1.165) is 28.7 Å². The number of rotatable bonds is 6. The van der Waals surface area contributed by atoms with Gasteiger partial charge in [-0.3, -0.25) is 0 Å². The molecule has 148 valence electrons. The van der Waals surface area contributed by atoms with E-state index >= 15 is 0 Å². The van der Waals surface area contributed by atoms with Crippen molar-refractivity contribution in [2.45, 2.75) is 34.1 Å². The summed E-state index contributed by atoms with van der Waals surface area (Å²) < 4.78 is 17.7. The van der Waals surface area contributed by atoms with E-state index < -0.39 is 0 Å². The van der Waals surface area contributed by atoms with E-state index in [-0.39, 0.29) is 6.01 Å². The second-order valence-electron chi connectivity index (χ2n) is 7.08. The molecule has 6 nitrogen and oxygen atoms in total. The Kier molecular flexibility index (Phi) is 5.16. The van der Waals surface area contributed by atoms with Crippen LogP contribution in [0.1, 0.15) is 30.0 Å². The van der Waals surface area contributed by atoms with Gasteiger partial charge >= 0.3 is 6.01 Å². The van der Waals surface area contributed by atoms with Crippen molar-refractivity contribution in [3.63, 3.8) is 0 Å². The number of oxazole rings is 1. The molecule has 0 saturated heterocycles. The van der Waals surface area contributed by atoms with Crippen LogP contribution >= 0.6 is 0 Å². The van der Waals surface area contributed by atoms with Crippen LogP contribution in [0, 0.1) is 20.8 Å². The second-order valence-corrected chi connectivity index (χ2v) is 7.08. The van der Waals surface area contributed by atoms with Crippen molar-refractivity contribution in [1.29, 1.82) is 0 Å². The topological polar surface area (TPSA) is 70.3 Å². The Morgan fingerprint density at radius 3 is 2.41 bits per heavy atom. The predicted octanol–water partition coefficient (Wildman–Crippen LogP) is 5.79. The van der Waals surface area contributed by atoms with Crippen molar-refractivity contribution >= 4 is 11.2 Å². The Bertz CT molecular complexity index is 1150. The van der Waals surface area contributed by atoms with E-state index in [0.29, 0.717) is 35.4 Å². The van der Waals surface area contributed by atoms with Gasteiger partial charge in [-0.1, -0.05) is 42.3 Å². The summed E-state index contributed by atoms with van der Waals surface area (Å²) in [6.07, 6.45) is 0.848. The summed E-state index contributed by atoms with van der Waals surface area (Å²) in [7, 11) is 0. The number of hydrogen-bond donors (Lipinski definition) is 0. The van der Waals surface area contributed by atoms with Gasteiger partial charge in [-0.05, 0) is 51.0 Å². The highest BCUT2D eigenvalue weighted by molar-refractivity contribution is 5.78. The van der Waals surface area contributed by atoms with Gasteiger partial charge in [0.05, 0.1) is 6.61 Å². The molecule has 0 aliphatic rings. The van der Waals surface area contributed by atoms with Crippen molar-refractivity contribution in [2.75, 3.05) is 6.61 Å². The molecule has 2 aromatic heterocycles. The molecular formula is C23H23N3O3. The Labute approximate surface area is 169 Å². The molecule has 0 radical (unpaired) electrons. The van der Waals surface area contributed by atoms with Crippen LogP contribution in [0.3, 0.4) is 0 Å². The van der Waals surface area contributed by atoms with E-state index in [2.05, 4.69) is 21.0 Å². The number of fused-ring (bicyclic) bond motifs is 1. The Morgan fingerprint density at radius 2 is 1.69 bits per heavy atom. The van der Waals surface area contributed by atoms with Gasteiger partial charge in [-0.2, -0.15) is 9.97 Å². The number of benzene rings is 2. The Hall–Kier alpha value is -3.41. The summed E-state index contributed by atoms with van der Waals surface area (Å²) in [5.41, 5.74) is 4.98. The number of aromatic nitrogens is 3. The molecule has 4 rings (SSSR count). The van der Waals surface area contributed by atoms with Gasteiger partial charge in [0, 0.05) is 5.56 Å². The molecule has 0 N–H and O–H groups in total. The van der Waals surface area contributed by atoms with Gasteiger partial charge in [-0.25, -0.2) is 4.98 Å². The first-order valence-corrected chi connectivity index (χ1v) is 9.67. The fourth-order valence-corrected chi connectivity index (χ4v) is 3.11. The third-order valence-corrected chi connectivity index (χ3v) is 4.41. The highest BCUT2D eigenvalue weighted by atomic mass is 16.5. The van der Waals surface area contributed by atoms with Crippen LogP contribution < -0.4 is 9.47 Å². The minimum absolute atomic E-state index is 0.168. The zero-order chi connectivity index (χ0) is 20.4. The van der Waals surface area contributed by atoms with Crippen LogP contribution in [0.25, 0.3) is 22.7 Å². The van der Waals surface area contributed by atoms with Crippen molar-refractivity contribution < 1.29 is 13.9 Å². The molecule has 0 fully saturated rings. The molecule has 0 spiro atoms. The molecule has 29 heavy (non-hydrogen) atoms. The second kappa shape index (κ2) is 7.91. The average molecular weight is 389 g/mol. The van der Waals surface area contributed by atoms with E-state index in [1.807, 2.05) is 64.1 Å². The van der Waals surface area contributed by atoms with Crippen LogP contribution in [0.2, 0.25) is 0 Å². The van der Waals surface area contributed by atoms with Gasteiger partial charge in [0.25, 0.3) is 11.6 Å². The summed E-state index contributed by atoms with van der Waals surface area (Å²) in [5, 5.41) is 0. The Balaban J connectivity index is 1.79. The molecule has 0 saturated carbocycles. The van der Waals surface area contributed by atoms with E-state index in [1.54, 1.807) is 0 Å². The molecule has 0 aliphatic carbocycles.